The molecule has 3 amide bonds. The Morgan fingerprint density at radius 3 is 2.40 bits per heavy atom. The fourth-order valence-electron chi connectivity index (χ4n) is 2.85. The molecular formula is C18H23N3O4. The van der Waals surface area contributed by atoms with Crippen LogP contribution in [0.1, 0.15) is 39.3 Å². The summed E-state index contributed by atoms with van der Waals surface area (Å²) in [6.07, 6.45) is 0. The van der Waals surface area contributed by atoms with E-state index in [1.165, 1.54) is 11.8 Å². The molecule has 7 nitrogen and oxygen atoms in total. The third-order valence-corrected chi connectivity index (χ3v) is 3.97. The van der Waals surface area contributed by atoms with Crippen LogP contribution < -0.4 is 10.6 Å². The van der Waals surface area contributed by atoms with E-state index in [0.29, 0.717) is 23.5 Å². The van der Waals surface area contributed by atoms with Crippen molar-refractivity contribution in [3.05, 3.63) is 41.1 Å². The monoisotopic (exact) mass is 345 g/mol. The van der Waals surface area contributed by atoms with Gasteiger partial charge in [0.1, 0.15) is 0 Å². The molecule has 0 bridgehead atoms. The third kappa shape index (κ3) is 3.99. The van der Waals surface area contributed by atoms with Gasteiger partial charge in [0.2, 0.25) is 5.91 Å². The number of amides is 3. The van der Waals surface area contributed by atoms with E-state index in [0.717, 1.165) is 5.56 Å². The van der Waals surface area contributed by atoms with Crippen molar-refractivity contribution in [2.45, 2.75) is 33.7 Å². The first-order valence-electron chi connectivity index (χ1n) is 8.22. The number of hydrogen-bond acceptors (Lipinski definition) is 4. The van der Waals surface area contributed by atoms with E-state index in [2.05, 4.69) is 10.6 Å². The van der Waals surface area contributed by atoms with Crippen molar-refractivity contribution >= 4 is 23.6 Å². The van der Waals surface area contributed by atoms with Gasteiger partial charge in [0.25, 0.3) is 0 Å². The van der Waals surface area contributed by atoms with E-state index in [9.17, 15) is 14.4 Å². The third-order valence-electron chi connectivity index (χ3n) is 3.97. The summed E-state index contributed by atoms with van der Waals surface area (Å²) in [5.74, 6) is -0.616. The van der Waals surface area contributed by atoms with E-state index in [1.807, 2.05) is 6.92 Å². The van der Waals surface area contributed by atoms with Crippen LogP contribution in [0.2, 0.25) is 0 Å². The minimum Gasteiger partial charge on any atom is -0.463 e. The van der Waals surface area contributed by atoms with Gasteiger partial charge in [-0.2, -0.15) is 0 Å². The molecule has 0 saturated carbocycles. The summed E-state index contributed by atoms with van der Waals surface area (Å²) in [6, 6.07) is 6.14. The largest absolute Gasteiger partial charge is 0.463 e. The number of esters is 1. The molecule has 1 aliphatic rings. The second kappa shape index (κ2) is 7.83. The number of carbonyl (C=O) groups excluding carboxylic acids is 3. The van der Waals surface area contributed by atoms with Gasteiger partial charge in [-0.05, 0) is 38.5 Å². The van der Waals surface area contributed by atoms with Crippen LogP contribution in [-0.2, 0) is 14.3 Å². The molecule has 25 heavy (non-hydrogen) atoms. The zero-order chi connectivity index (χ0) is 18.6. The van der Waals surface area contributed by atoms with E-state index < -0.39 is 12.0 Å². The molecule has 0 fully saturated rings. The zero-order valence-electron chi connectivity index (χ0n) is 14.9. The minimum absolute atomic E-state index is 0.166. The van der Waals surface area contributed by atoms with Gasteiger partial charge < -0.3 is 15.4 Å². The Morgan fingerprint density at radius 2 is 1.88 bits per heavy atom. The quantitative estimate of drug-likeness (QED) is 0.803. The highest BCUT2D eigenvalue weighted by atomic mass is 16.5. The van der Waals surface area contributed by atoms with Crippen LogP contribution in [0.5, 0.6) is 0 Å². The normalized spacial score (nSPS) is 17.2. The topological polar surface area (TPSA) is 87.7 Å². The Labute approximate surface area is 147 Å². The van der Waals surface area contributed by atoms with Gasteiger partial charge in [-0.3, -0.25) is 9.69 Å². The smallest absolute Gasteiger partial charge is 0.338 e. The average Bonchev–Trinajstić information content (AvgIpc) is 2.55. The van der Waals surface area contributed by atoms with Gasteiger partial charge in [-0.25, -0.2) is 9.59 Å². The van der Waals surface area contributed by atoms with Crippen molar-refractivity contribution in [2.75, 3.05) is 18.5 Å². The van der Waals surface area contributed by atoms with Crippen LogP contribution in [0, 0.1) is 0 Å². The number of urea groups is 1. The number of nitrogens with one attached hydrogen (secondary N) is 2. The van der Waals surface area contributed by atoms with Gasteiger partial charge in [-0.1, -0.05) is 12.1 Å². The molecule has 1 aliphatic heterocycles. The second-order valence-electron chi connectivity index (χ2n) is 5.65. The van der Waals surface area contributed by atoms with Crippen LogP contribution in [0.15, 0.2) is 35.5 Å². The van der Waals surface area contributed by atoms with Crippen molar-refractivity contribution < 1.29 is 19.1 Å². The maximum absolute atomic E-state index is 12.5. The predicted octanol–water partition coefficient (Wildman–Crippen LogP) is 2.57. The van der Waals surface area contributed by atoms with Crippen LogP contribution in [-0.4, -0.2) is 36.0 Å². The summed E-state index contributed by atoms with van der Waals surface area (Å²) in [6.45, 7) is 7.46. The molecule has 2 N–H and O–H groups in total. The van der Waals surface area contributed by atoms with Crippen molar-refractivity contribution in [3.63, 3.8) is 0 Å². The molecule has 7 heteroatoms. The van der Waals surface area contributed by atoms with Crippen LogP contribution in [0.3, 0.4) is 0 Å². The number of nitrogens with zero attached hydrogens (tertiary/aromatic N) is 1. The van der Waals surface area contributed by atoms with Gasteiger partial charge in [0.05, 0.1) is 18.2 Å². The lowest BCUT2D eigenvalue weighted by Crippen LogP contribution is -2.47. The molecule has 1 aromatic rings. The molecule has 0 spiro atoms. The first kappa shape index (κ1) is 18.5. The highest BCUT2D eigenvalue weighted by Crippen LogP contribution is 2.31. The predicted molar refractivity (Wildman–Crippen MR) is 93.7 cm³/mol. The molecule has 2 rings (SSSR count). The maximum atomic E-state index is 12.5. The molecule has 0 saturated heterocycles. The first-order valence-corrected chi connectivity index (χ1v) is 8.22. The number of allylic oxidation sites excluding steroid dienone is 1. The van der Waals surface area contributed by atoms with Crippen LogP contribution in [0.4, 0.5) is 10.5 Å². The molecule has 1 aromatic carbocycles. The Morgan fingerprint density at radius 1 is 1.24 bits per heavy atom. The number of benzene rings is 1. The molecule has 1 unspecified atom stereocenters. The van der Waals surface area contributed by atoms with Crippen LogP contribution >= 0.6 is 0 Å². The molecule has 0 aliphatic carbocycles. The SMILES string of the molecule is CCOC(=O)C1=C(C)N(CC)C(=O)NC1c1ccc(NC(C)=O)cc1. The maximum Gasteiger partial charge on any atom is 0.338 e. The number of rotatable bonds is 5. The molecular weight excluding hydrogens is 322 g/mol. The minimum atomic E-state index is -0.597. The standard InChI is InChI=1S/C18H23N3O4/c1-5-21-11(3)15(17(23)25-6-2)16(20-18(21)24)13-7-9-14(10-8-13)19-12(4)22/h7-10,16H,5-6H2,1-4H3,(H,19,22)(H,20,24). The fraction of sp³-hybridized carbons (Fsp3) is 0.389. The number of hydrogen-bond donors (Lipinski definition) is 2. The van der Waals surface area contributed by atoms with Gasteiger partial charge in [0, 0.05) is 24.9 Å². The molecule has 134 valence electrons. The van der Waals surface area contributed by atoms with E-state index in [1.54, 1.807) is 38.1 Å². The molecule has 0 radical (unpaired) electrons. The number of carbonyl (C=O) groups is 3. The Balaban J connectivity index is 2.42. The second-order valence-corrected chi connectivity index (χ2v) is 5.65. The van der Waals surface area contributed by atoms with E-state index in [-0.39, 0.29) is 18.5 Å². The summed E-state index contributed by atoms with van der Waals surface area (Å²) in [4.78, 5) is 37.4. The summed E-state index contributed by atoms with van der Waals surface area (Å²) < 4.78 is 5.18. The lowest BCUT2D eigenvalue weighted by Gasteiger charge is -2.34. The Bertz CT molecular complexity index is 710. The van der Waals surface area contributed by atoms with Crippen LogP contribution in [0.25, 0.3) is 0 Å². The first-order chi connectivity index (χ1) is 11.9. The molecule has 1 atom stereocenters. The van der Waals surface area contributed by atoms with E-state index >= 15 is 0 Å². The highest BCUT2D eigenvalue weighted by molar-refractivity contribution is 5.95. The fourth-order valence-corrected chi connectivity index (χ4v) is 2.85. The summed E-state index contributed by atoms with van der Waals surface area (Å²) in [5, 5.41) is 5.54. The summed E-state index contributed by atoms with van der Waals surface area (Å²) in [5.41, 5.74) is 2.38. The highest BCUT2D eigenvalue weighted by Gasteiger charge is 2.35. The molecule has 1 heterocycles. The Hall–Kier alpha value is -2.83. The summed E-state index contributed by atoms with van der Waals surface area (Å²) >= 11 is 0. The summed E-state index contributed by atoms with van der Waals surface area (Å²) in [7, 11) is 0. The number of ether oxygens (including phenoxy) is 1. The zero-order valence-corrected chi connectivity index (χ0v) is 14.9. The average molecular weight is 345 g/mol. The van der Waals surface area contributed by atoms with Gasteiger partial charge in [-0.15, -0.1) is 0 Å². The lowest BCUT2D eigenvalue weighted by atomic mass is 9.94. The van der Waals surface area contributed by atoms with Crippen molar-refractivity contribution in [2.24, 2.45) is 0 Å². The Kier molecular flexibility index (Phi) is 5.80. The lowest BCUT2D eigenvalue weighted by molar-refractivity contribution is -0.139. The van der Waals surface area contributed by atoms with Gasteiger partial charge >= 0.3 is 12.0 Å². The number of anilines is 1. The molecule has 0 aromatic heterocycles. The van der Waals surface area contributed by atoms with Crippen molar-refractivity contribution in [1.82, 2.24) is 10.2 Å². The van der Waals surface area contributed by atoms with Crippen molar-refractivity contribution in [3.8, 4) is 0 Å². The van der Waals surface area contributed by atoms with Crippen molar-refractivity contribution in [1.29, 1.82) is 0 Å². The van der Waals surface area contributed by atoms with Gasteiger partial charge in [0.15, 0.2) is 0 Å². The van der Waals surface area contributed by atoms with E-state index in [4.69, 9.17) is 4.74 Å².